The molecule has 1 heterocycles. The van der Waals surface area contributed by atoms with Crippen LogP contribution >= 0.6 is 11.8 Å². The first-order valence-corrected chi connectivity index (χ1v) is 4.97. The summed E-state index contributed by atoms with van der Waals surface area (Å²) in [7, 11) is 0. The Morgan fingerprint density at radius 3 is 2.79 bits per heavy atom. The first-order chi connectivity index (χ1) is 6.59. The van der Waals surface area contributed by atoms with Crippen molar-refractivity contribution < 1.29 is 4.79 Å². The van der Waals surface area contributed by atoms with Gasteiger partial charge >= 0.3 is 0 Å². The summed E-state index contributed by atoms with van der Waals surface area (Å²) in [6.45, 7) is 0. The van der Waals surface area contributed by atoms with Crippen LogP contribution in [-0.2, 0) is 4.79 Å². The van der Waals surface area contributed by atoms with Gasteiger partial charge < -0.3 is 17.2 Å². The molecule has 1 rings (SSSR count). The second kappa shape index (κ2) is 4.83. The number of pyridine rings is 1. The van der Waals surface area contributed by atoms with Crippen LogP contribution in [0, 0.1) is 0 Å². The van der Waals surface area contributed by atoms with Crippen molar-refractivity contribution in [1.29, 1.82) is 0 Å². The standard InChI is InChI=1S/C8H12N4OS/c9-5-1-2-7(12-3-5)14-4-6(10)8(11)13/h1-3,6H,4,9-10H2,(H2,11,13). The van der Waals surface area contributed by atoms with Gasteiger partial charge in [0.2, 0.25) is 5.91 Å². The van der Waals surface area contributed by atoms with Gasteiger partial charge in [-0.15, -0.1) is 11.8 Å². The average Bonchev–Trinajstić information content (AvgIpc) is 2.16. The number of carbonyl (C=O) groups excluding carboxylic acids is 1. The van der Waals surface area contributed by atoms with Crippen LogP contribution in [0.1, 0.15) is 0 Å². The largest absolute Gasteiger partial charge is 0.397 e. The maximum Gasteiger partial charge on any atom is 0.235 e. The van der Waals surface area contributed by atoms with E-state index in [1.165, 1.54) is 11.8 Å². The number of hydrogen-bond donors (Lipinski definition) is 3. The number of primary amides is 1. The van der Waals surface area contributed by atoms with Gasteiger partial charge in [-0.2, -0.15) is 0 Å². The van der Waals surface area contributed by atoms with Crippen LogP contribution in [0.25, 0.3) is 0 Å². The molecular formula is C8H12N4OS. The van der Waals surface area contributed by atoms with Gasteiger partial charge in [0.15, 0.2) is 0 Å². The van der Waals surface area contributed by atoms with Gasteiger partial charge in [-0.3, -0.25) is 4.79 Å². The monoisotopic (exact) mass is 212 g/mol. The van der Waals surface area contributed by atoms with Crippen molar-refractivity contribution in [1.82, 2.24) is 4.98 Å². The van der Waals surface area contributed by atoms with Crippen molar-refractivity contribution in [2.75, 3.05) is 11.5 Å². The minimum absolute atomic E-state index is 0.423. The zero-order valence-corrected chi connectivity index (χ0v) is 8.33. The minimum atomic E-state index is -0.639. The predicted octanol–water partition coefficient (Wildman–Crippen LogP) is -0.432. The Balaban J connectivity index is 2.46. The summed E-state index contributed by atoms with van der Waals surface area (Å²) in [6, 6.07) is 2.87. The number of carbonyl (C=O) groups is 1. The molecule has 0 aliphatic heterocycles. The van der Waals surface area contributed by atoms with Gasteiger partial charge in [0.25, 0.3) is 0 Å². The van der Waals surface area contributed by atoms with Crippen LogP contribution in [0.2, 0.25) is 0 Å². The highest BCUT2D eigenvalue weighted by Gasteiger charge is 2.09. The Hall–Kier alpha value is -1.27. The SMILES string of the molecule is NC(=O)C(N)CSc1ccc(N)cn1. The molecule has 76 valence electrons. The van der Waals surface area contributed by atoms with E-state index in [-0.39, 0.29) is 0 Å². The topological polar surface area (TPSA) is 108 Å². The lowest BCUT2D eigenvalue weighted by atomic mass is 10.3. The quantitative estimate of drug-likeness (QED) is 0.587. The molecule has 0 saturated carbocycles. The van der Waals surface area contributed by atoms with Crippen molar-refractivity contribution in [2.45, 2.75) is 11.1 Å². The van der Waals surface area contributed by atoms with Crippen LogP contribution in [0.4, 0.5) is 5.69 Å². The lowest BCUT2D eigenvalue weighted by molar-refractivity contribution is -0.118. The smallest absolute Gasteiger partial charge is 0.235 e. The number of hydrogen-bond acceptors (Lipinski definition) is 5. The molecule has 0 aliphatic rings. The Kier molecular flexibility index (Phi) is 3.73. The molecular weight excluding hydrogens is 200 g/mol. The second-order valence-electron chi connectivity index (χ2n) is 2.75. The van der Waals surface area contributed by atoms with Crippen LogP contribution in [0.15, 0.2) is 23.4 Å². The summed E-state index contributed by atoms with van der Waals surface area (Å²) in [5.41, 5.74) is 16.5. The number of nitrogens with two attached hydrogens (primary N) is 3. The molecule has 0 bridgehead atoms. The molecule has 0 saturated heterocycles. The zero-order valence-electron chi connectivity index (χ0n) is 7.51. The maximum absolute atomic E-state index is 10.6. The Morgan fingerprint density at radius 1 is 1.57 bits per heavy atom. The van der Waals surface area contributed by atoms with Gasteiger partial charge in [0.05, 0.1) is 23.0 Å². The van der Waals surface area contributed by atoms with Crippen molar-refractivity contribution in [3.05, 3.63) is 18.3 Å². The van der Waals surface area contributed by atoms with Crippen LogP contribution < -0.4 is 17.2 Å². The minimum Gasteiger partial charge on any atom is -0.397 e. The van der Waals surface area contributed by atoms with Crippen molar-refractivity contribution >= 4 is 23.4 Å². The molecule has 0 aromatic carbocycles. The molecule has 1 aromatic heterocycles. The fraction of sp³-hybridized carbons (Fsp3) is 0.250. The lowest BCUT2D eigenvalue weighted by Gasteiger charge is -2.05. The number of thioether (sulfide) groups is 1. The predicted molar refractivity (Wildman–Crippen MR) is 56.5 cm³/mol. The molecule has 0 spiro atoms. The summed E-state index contributed by atoms with van der Waals surface area (Å²) in [6.07, 6.45) is 1.55. The highest BCUT2D eigenvalue weighted by Crippen LogP contribution is 2.16. The molecule has 6 N–H and O–H groups in total. The maximum atomic E-state index is 10.6. The van der Waals surface area contributed by atoms with Gasteiger partial charge in [-0.05, 0) is 12.1 Å². The molecule has 1 unspecified atom stereocenters. The second-order valence-corrected chi connectivity index (χ2v) is 3.79. The van der Waals surface area contributed by atoms with Crippen molar-refractivity contribution in [3.8, 4) is 0 Å². The number of rotatable bonds is 4. The normalized spacial score (nSPS) is 12.4. The molecule has 0 radical (unpaired) electrons. The molecule has 6 heteroatoms. The van der Waals surface area contributed by atoms with Crippen LogP contribution in [-0.4, -0.2) is 22.7 Å². The number of anilines is 1. The zero-order chi connectivity index (χ0) is 10.6. The molecule has 1 aromatic rings. The summed E-state index contributed by atoms with van der Waals surface area (Å²) in [4.78, 5) is 14.7. The lowest BCUT2D eigenvalue weighted by Crippen LogP contribution is -2.38. The van der Waals surface area contributed by atoms with E-state index in [4.69, 9.17) is 17.2 Å². The number of nitrogens with zero attached hydrogens (tertiary/aromatic N) is 1. The average molecular weight is 212 g/mol. The van der Waals surface area contributed by atoms with Crippen LogP contribution in [0.3, 0.4) is 0 Å². The van der Waals surface area contributed by atoms with Crippen molar-refractivity contribution in [3.63, 3.8) is 0 Å². The van der Waals surface area contributed by atoms with E-state index in [2.05, 4.69) is 4.98 Å². The van der Waals surface area contributed by atoms with Gasteiger partial charge in [-0.1, -0.05) is 0 Å². The third kappa shape index (κ3) is 3.23. The number of nitrogen functional groups attached to an aromatic ring is 1. The highest BCUT2D eigenvalue weighted by atomic mass is 32.2. The van der Waals surface area contributed by atoms with E-state index in [1.54, 1.807) is 18.3 Å². The summed E-state index contributed by atoms with van der Waals surface area (Å²) < 4.78 is 0. The fourth-order valence-electron chi connectivity index (χ4n) is 0.734. The molecule has 0 aliphatic carbocycles. The summed E-state index contributed by atoms with van der Waals surface area (Å²) in [5, 5.41) is 0.774. The Morgan fingerprint density at radius 2 is 2.29 bits per heavy atom. The first kappa shape index (κ1) is 10.8. The molecule has 5 nitrogen and oxygen atoms in total. The highest BCUT2D eigenvalue weighted by molar-refractivity contribution is 7.99. The third-order valence-electron chi connectivity index (χ3n) is 1.54. The van der Waals surface area contributed by atoms with E-state index >= 15 is 0 Å². The molecule has 0 fully saturated rings. The van der Waals surface area contributed by atoms with Gasteiger partial charge in [0, 0.05) is 5.75 Å². The van der Waals surface area contributed by atoms with Gasteiger partial charge in [0.1, 0.15) is 0 Å². The van der Waals surface area contributed by atoms with E-state index in [0.29, 0.717) is 11.4 Å². The van der Waals surface area contributed by atoms with E-state index < -0.39 is 11.9 Å². The summed E-state index contributed by atoms with van der Waals surface area (Å²) >= 11 is 1.37. The fourth-order valence-corrected chi connectivity index (χ4v) is 1.54. The van der Waals surface area contributed by atoms with E-state index in [0.717, 1.165) is 5.03 Å². The summed E-state index contributed by atoms with van der Waals surface area (Å²) in [5.74, 6) is -0.0837. The molecule has 14 heavy (non-hydrogen) atoms. The number of aromatic nitrogens is 1. The van der Waals surface area contributed by atoms with Crippen LogP contribution in [0.5, 0.6) is 0 Å². The molecule has 1 atom stereocenters. The Bertz CT molecular complexity index is 314. The Labute approximate surface area is 86.1 Å². The van der Waals surface area contributed by atoms with E-state index in [1.807, 2.05) is 0 Å². The number of amides is 1. The third-order valence-corrected chi connectivity index (χ3v) is 2.60. The van der Waals surface area contributed by atoms with E-state index in [9.17, 15) is 4.79 Å². The molecule has 1 amide bonds. The van der Waals surface area contributed by atoms with Gasteiger partial charge in [-0.25, -0.2) is 4.98 Å². The van der Waals surface area contributed by atoms with Crippen molar-refractivity contribution in [2.24, 2.45) is 11.5 Å². The first-order valence-electron chi connectivity index (χ1n) is 3.99.